The highest BCUT2D eigenvalue weighted by molar-refractivity contribution is 5.82. The van der Waals surface area contributed by atoms with Gasteiger partial charge in [-0.05, 0) is 26.7 Å². The molecule has 1 amide bonds. The van der Waals surface area contributed by atoms with Crippen molar-refractivity contribution in [2.45, 2.75) is 45.3 Å². The van der Waals surface area contributed by atoms with Crippen LogP contribution in [0.15, 0.2) is 39.3 Å². The van der Waals surface area contributed by atoms with Gasteiger partial charge in [0.05, 0.1) is 12.6 Å². The number of aromatic nitrogens is 3. The van der Waals surface area contributed by atoms with E-state index >= 15 is 0 Å². The standard InChI is InChI=1S/C23H28N6O3/c1-15(22(30)24-18-8-9-18)29-12-10-28(11-13-29)14-19-25-26-23(31-19)20-16(2)32-27-21(20)17-6-4-3-5-7-17/h3-7,15,18H,8-14H2,1-2H3,(H,24,30). The molecule has 2 fully saturated rings. The molecule has 0 radical (unpaired) electrons. The molecule has 2 aromatic heterocycles. The van der Waals surface area contributed by atoms with E-state index in [9.17, 15) is 4.79 Å². The number of amides is 1. The van der Waals surface area contributed by atoms with E-state index in [1.807, 2.05) is 44.2 Å². The number of rotatable bonds is 7. The highest BCUT2D eigenvalue weighted by Crippen LogP contribution is 2.33. The first kappa shape index (κ1) is 20.8. The number of nitrogens with zero attached hydrogens (tertiary/aromatic N) is 5. The van der Waals surface area contributed by atoms with Gasteiger partial charge in [0.25, 0.3) is 5.89 Å². The van der Waals surface area contributed by atoms with Crippen molar-refractivity contribution in [3.63, 3.8) is 0 Å². The van der Waals surface area contributed by atoms with Crippen molar-refractivity contribution in [2.75, 3.05) is 26.2 Å². The predicted molar refractivity (Wildman–Crippen MR) is 117 cm³/mol. The molecule has 3 heterocycles. The van der Waals surface area contributed by atoms with Crippen molar-refractivity contribution in [3.8, 4) is 22.7 Å². The number of aryl methyl sites for hydroxylation is 1. The zero-order valence-corrected chi connectivity index (χ0v) is 18.5. The fraction of sp³-hybridized carbons (Fsp3) is 0.478. The van der Waals surface area contributed by atoms with Crippen molar-refractivity contribution in [2.24, 2.45) is 0 Å². The summed E-state index contributed by atoms with van der Waals surface area (Å²) >= 11 is 0. The van der Waals surface area contributed by atoms with Gasteiger partial charge in [-0.1, -0.05) is 35.5 Å². The van der Waals surface area contributed by atoms with Crippen LogP contribution in [0.1, 0.15) is 31.4 Å². The lowest BCUT2D eigenvalue weighted by Crippen LogP contribution is -2.53. The molecular weight excluding hydrogens is 408 g/mol. The first-order valence-corrected chi connectivity index (χ1v) is 11.2. The zero-order valence-electron chi connectivity index (χ0n) is 18.5. The molecule has 5 rings (SSSR count). The van der Waals surface area contributed by atoms with Gasteiger partial charge in [0.15, 0.2) is 0 Å². The maximum absolute atomic E-state index is 12.3. The summed E-state index contributed by atoms with van der Waals surface area (Å²) < 4.78 is 11.4. The molecule has 1 N–H and O–H groups in total. The molecule has 1 atom stereocenters. The third kappa shape index (κ3) is 4.44. The Morgan fingerprint density at radius 2 is 1.91 bits per heavy atom. The number of hydrogen-bond donors (Lipinski definition) is 1. The molecule has 3 aromatic rings. The lowest BCUT2D eigenvalue weighted by molar-refractivity contribution is -0.126. The van der Waals surface area contributed by atoms with Crippen LogP contribution in [0.4, 0.5) is 0 Å². The molecule has 2 aliphatic rings. The molecule has 168 valence electrons. The maximum Gasteiger partial charge on any atom is 0.253 e. The van der Waals surface area contributed by atoms with Crippen molar-refractivity contribution in [1.82, 2.24) is 30.5 Å². The van der Waals surface area contributed by atoms with E-state index in [1.54, 1.807) is 0 Å². The van der Waals surface area contributed by atoms with Crippen LogP contribution in [-0.4, -0.2) is 69.3 Å². The Labute approximate surface area is 186 Å². The minimum Gasteiger partial charge on any atom is -0.419 e. The fourth-order valence-electron chi connectivity index (χ4n) is 4.05. The van der Waals surface area contributed by atoms with Crippen LogP contribution in [0.5, 0.6) is 0 Å². The summed E-state index contributed by atoms with van der Waals surface area (Å²) in [7, 11) is 0. The Balaban J connectivity index is 1.21. The van der Waals surface area contributed by atoms with E-state index in [0.29, 0.717) is 35.8 Å². The van der Waals surface area contributed by atoms with Crippen molar-refractivity contribution < 1.29 is 13.7 Å². The number of piperazine rings is 1. The number of carbonyl (C=O) groups excluding carboxylic acids is 1. The minimum absolute atomic E-state index is 0.0965. The highest BCUT2D eigenvalue weighted by atomic mass is 16.5. The summed E-state index contributed by atoms with van der Waals surface area (Å²) in [5.41, 5.74) is 2.37. The van der Waals surface area contributed by atoms with Crippen LogP contribution in [0.3, 0.4) is 0 Å². The summed E-state index contributed by atoms with van der Waals surface area (Å²) in [6, 6.07) is 10.1. The molecule has 1 aliphatic carbocycles. The van der Waals surface area contributed by atoms with Gasteiger partial charge in [0.1, 0.15) is 17.0 Å². The van der Waals surface area contributed by atoms with Gasteiger partial charge >= 0.3 is 0 Å². The van der Waals surface area contributed by atoms with Gasteiger partial charge in [0.2, 0.25) is 11.8 Å². The van der Waals surface area contributed by atoms with Gasteiger partial charge in [-0.3, -0.25) is 14.6 Å². The van der Waals surface area contributed by atoms with Crippen LogP contribution in [-0.2, 0) is 11.3 Å². The Morgan fingerprint density at radius 1 is 1.16 bits per heavy atom. The smallest absolute Gasteiger partial charge is 0.253 e. The Kier molecular flexibility index (Phi) is 5.75. The molecule has 1 saturated heterocycles. The van der Waals surface area contributed by atoms with E-state index in [2.05, 4.69) is 30.5 Å². The molecule has 1 saturated carbocycles. The second-order valence-corrected chi connectivity index (χ2v) is 8.60. The van der Waals surface area contributed by atoms with E-state index in [4.69, 9.17) is 8.94 Å². The second-order valence-electron chi connectivity index (χ2n) is 8.60. The summed E-state index contributed by atoms with van der Waals surface area (Å²) in [6.45, 7) is 7.78. The molecule has 0 spiro atoms. The van der Waals surface area contributed by atoms with E-state index in [1.165, 1.54) is 0 Å². The topological polar surface area (TPSA) is 101 Å². The second kappa shape index (κ2) is 8.84. The molecular formula is C23H28N6O3. The molecule has 9 heteroatoms. The van der Waals surface area contributed by atoms with Crippen molar-refractivity contribution >= 4 is 5.91 Å². The Bertz CT molecular complexity index is 1070. The summed E-state index contributed by atoms with van der Waals surface area (Å²) in [4.78, 5) is 16.8. The van der Waals surface area contributed by atoms with Gasteiger partial charge in [0, 0.05) is 37.8 Å². The van der Waals surface area contributed by atoms with Crippen molar-refractivity contribution in [1.29, 1.82) is 0 Å². The lowest BCUT2D eigenvalue weighted by atomic mass is 10.1. The Morgan fingerprint density at radius 3 is 2.62 bits per heavy atom. The molecule has 1 aliphatic heterocycles. The summed E-state index contributed by atoms with van der Waals surface area (Å²) in [6.07, 6.45) is 2.22. The van der Waals surface area contributed by atoms with Crippen LogP contribution in [0, 0.1) is 6.92 Å². The van der Waals surface area contributed by atoms with Gasteiger partial charge in [-0.25, -0.2) is 0 Å². The van der Waals surface area contributed by atoms with Crippen LogP contribution < -0.4 is 5.32 Å². The summed E-state index contributed by atoms with van der Waals surface area (Å²) in [5, 5.41) is 15.8. The molecule has 32 heavy (non-hydrogen) atoms. The molecule has 1 aromatic carbocycles. The minimum atomic E-state index is -0.0965. The van der Waals surface area contributed by atoms with E-state index in [0.717, 1.165) is 50.1 Å². The van der Waals surface area contributed by atoms with Crippen molar-refractivity contribution in [3.05, 3.63) is 42.0 Å². The van der Waals surface area contributed by atoms with Gasteiger partial charge in [-0.15, -0.1) is 10.2 Å². The predicted octanol–water partition coefficient (Wildman–Crippen LogP) is 2.48. The molecule has 0 bridgehead atoms. The third-order valence-corrected chi connectivity index (χ3v) is 6.21. The highest BCUT2D eigenvalue weighted by Gasteiger charge is 2.30. The van der Waals surface area contributed by atoms with Crippen LogP contribution in [0.25, 0.3) is 22.7 Å². The quantitative estimate of drug-likeness (QED) is 0.603. The molecule has 9 nitrogen and oxygen atoms in total. The first-order chi connectivity index (χ1) is 15.6. The number of carbonyl (C=O) groups is 1. The number of nitrogens with one attached hydrogen (secondary N) is 1. The first-order valence-electron chi connectivity index (χ1n) is 11.2. The molecule has 1 unspecified atom stereocenters. The van der Waals surface area contributed by atoms with E-state index < -0.39 is 0 Å². The lowest BCUT2D eigenvalue weighted by Gasteiger charge is -2.36. The zero-order chi connectivity index (χ0) is 22.1. The fourth-order valence-corrected chi connectivity index (χ4v) is 4.05. The largest absolute Gasteiger partial charge is 0.419 e. The normalized spacial score (nSPS) is 18.6. The maximum atomic E-state index is 12.3. The third-order valence-electron chi connectivity index (χ3n) is 6.21. The van der Waals surface area contributed by atoms with Crippen LogP contribution >= 0.6 is 0 Å². The number of hydrogen-bond acceptors (Lipinski definition) is 8. The summed E-state index contributed by atoms with van der Waals surface area (Å²) in [5.74, 6) is 1.76. The van der Waals surface area contributed by atoms with Crippen LogP contribution in [0.2, 0.25) is 0 Å². The average molecular weight is 437 g/mol. The SMILES string of the molecule is Cc1onc(-c2ccccc2)c1-c1nnc(CN2CCN(C(C)C(=O)NC3CC3)CC2)o1. The Hall–Kier alpha value is -3.04. The van der Waals surface area contributed by atoms with Gasteiger partial charge in [-0.2, -0.15) is 0 Å². The average Bonchev–Trinajstić information content (AvgIpc) is 3.37. The van der Waals surface area contributed by atoms with Gasteiger partial charge < -0.3 is 14.3 Å². The monoisotopic (exact) mass is 436 g/mol. The number of benzene rings is 1. The van der Waals surface area contributed by atoms with E-state index in [-0.39, 0.29) is 11.9 Å².